The van der Waals surface area contributed by atoms with Crippen molar-refractivity contribution in [3.05, 3.63) is 0 Å². The first-order valence-electron chi connectivity index (χ1n) is 17.9. The molecule has 18 nitrogen and oxygen atoms in total. The molecule has 3 heterocycles. The van der Waals surface area contributed by atoms with Crippen LogP contribution in [0.15, 0.2) is 0 Å². The molecule has 51 heavy (non-hydrogen) atoms. The zero-order valence-electron chi connectivity index (χ0n) is 29.8. The lowest BCUT2D eigenvalue weighted by atomic mass is 9.72. The van der Waals surface area contributed by atoms with Crippen LogP contribution in [-0.4, -0.2) is 167 Å². The first-order chi connectivity index (χ1) is 24.2. The highest BCUT2D eigenvalue weighted by molar-refractivity contribution is 5.81. The summed E-state index contributed by atoms with van der Waals surface area (Å²) in [6, 6.07) is 0. The lowest BCUT2D eigenvalue weighted by Crippen LogP contribution is -2.57. The van der Waals surface area contributed by atoms with Gasteiger partial charge in [0.25, 0.3) is 0 Å². The number of unbranched alkanes of at least 4 members (excludes halogenated alkanes) is 1. The Bertz CT molecular complexity index is 1070. The summed E-state index contributed by atoms with van der Waals surface area (Å²) in [5.74, 6) is -0.816. The van der Waals surface area contributed by atoms with Crippen molar-refractivity contribution in [3.63, 3.8) is 0 Å². The third-order valence-corrected chi connectivity index (χ3v) is 9.70. The number of aliphatic hydroxyl groups excluding tert-OH is 6. The zero-order chi connectivity index (χ0) is 37.7. The third-order valence-electron chi connectivity index (χ3n) is 9.70. The number of rotatable bonds is 18. The molecule has 3 saturated heterocycles. The molecule has 4 amide bonds. The van der Waals surface area contributed by atoms with Crippen molar-refractivity contribution in [2.75, 3.05) is 45.9 Å². The normalized spacial score (nSPS) is 32.2. The minimum atomic E-state index is -1.48. The van der Waals surface area contributed by atoms with E-state index < -0.39 is 66.8 Å². The molecule has 10 atom stereocenters. The smallest absolute Gasteiger partial charge is 0.222 e. The van der Waals surface area contributed by atoms with Crippen molar-refractivity contribution >= 4 is 23.6 Å². The Morgan fingerprint density at radius 1 is 0.667 bits per heavy atom. The van der Waals surface area contributed by atoms with Crippen LogP contribution in [0.4, 0.5) is 0 Å². The van der Waals surface area contributed by atoms with E-state index in [2.05, 4.69) is 16.0 Å². The fourth-order valence-electron chi connectivity index (χ4n) is 6.49. The maximum Gasteiger partial charge on any atom is 0.222 e. The highest BCUT2D eigenvalue weighted by Crippen LogP contribution is 2.39. The van der Waals surface area contributed by atoms with E-state index in [-0.39, 0.29) is 69.2 Å². The van der Waals surface area contributed by atoms with Gasteiger partial charge in [-0.25, -0.2) is 0 Å². The van der Waals surface area contributed by atoms with Gasteiger partial charge in [-0.2, -0.15) is 0 Å². The summed E-state index contributed by atoms with van der Waals surface area (Å²) in [6.07, 6.45) is -9.82. The topological polar surface area (TPSA) is 266 Å². The molecule has 0 saturated carbocycles. The second-order valence-corrected chi connectivity index (χ2v) is 13.7. The van der Waals surface area contributed by atoms with Gasteiger partial charge in [0.05, 0.1) is 25.4 Å². The van der Waals surface area contributed by atoms with Gasteiger partial charge in [-0.05, 0) is 51.9 Å². The number of likely N-dealkylation sites (tertiary alicyclic amines) is 1. The monoisotopic (exact) mass is 734 g/mol. The van der Waals surface area contributed by atoms with Gasteiger partial charge in [-0.1, -0.05) is 0 Å². The SMILES string of the molecule is CCNC(=O)CCCCC(=O)N1CCC(CC(=O)NCCO[C@@H]2O[C@@H](C)[C@@H](O)[C@@H](O)[C@@H]2O)(CC(=O)NCCO[C@@H]2O[C@@H](C)[C@@H](O)[C@@H](O)[C@@H]2O)CC1. The van der Waals surface area contributed by atoms with Crippen molar-refractivity contribution in [1.82, 2.24) is 20.9 Å². The lowest BCUT2D eigenvalue weighted by Gasteiger charge is -2.41. The second-order valence-electron chi connectivity index (χ2n) is 13.7. The molecule has 3 fully saturated rings. The highest BCUT2D eigenvalue weighted by atomic mass is 16.7. The molecule has 0 spiro atoms. The van der Waals surface area contributed by atoms with Crippen LogP contribution in [0.1, 0.15) is 72.1 Å². The Morgan fingerprint density at radius 2 is 1.12 bits per heavy atom. The Balaban J connectivity index is 1.50. The van der Waals surface area contributed by atoms with Gasteiger partial charge in [0.1, 0.15) is 36.6 Å². The molecule has 0 aliphatic carbocycles. The standard InChI is InChI=1S/C33H58N4O14/c1-4-34-21(38)7-5-6-8-24(41)37-13-9-33(10-14-37,17-22(39)35-11-15-48-31-29(46)27(44)25(42)19(2)50-31)18-23(40)36-12-16-49-32-30(47)28(45)26(43)20(3)51-32/h19-20,25-32,42-47H,4-18H2,1-3H3,(H,34,38)(H,35,39)(H,36,40)/t19-,20-,25+,26+,27+,28+,29-,30-,31+,32+/m0/s1. The number of aliphatic hydroxyl groups is 6. The van der Waals surface area contributed by atoms with Gasteiger partial charge in [-0.3, -0.25) is 19.2 Å². The summed E-state index contributed by atoms with van der Waals surface area (Å²) < 4.78 is 21.8. The van der Waals surface area contributed by atoms with Gasteiger partial charge in [-0.15, -0.1) is 0 Å². The Kier molecular flexibility index (Phi) is 17.4. The van der Waals surface area contributed by atoms with Gasteiger partial charge < -0.3 is 70.4 Å². The minimum Gasteiger partial charge on any atom is -0.388 e. The molecule has 0 aromatic heterocycles. The molecule has 0 bridgehead atoms. The van der Waals surface area contributed by atoms with Crippen LogP contribution in [0.2, 0.25) is 0 Å². The maximum atomic E-state index is 13.1. The van der Waals surface area contributed by atoms with Gasteiger partial charge in [0, 0.05) is 58.4 Å². The van der Waals surface area contributed by atoms with E-state index in [0.29, 0.717) is 51.7 Å². The van der Waals surface area contributed by atoms with Crippen LogP contribution >= 0.6 is 0 Å². The lowest BCUT2D eigenvalue weighted by molar-refractivity contribution is -0.292. The van der Waals surface area contributed by atoms with Crippen LogP contribution in [0.25, 0.3) is 0 Å². The number of amides is 4. The van der Waals surface area contributed by atoms with Crippen LogP contribution in [0, 0.1) is 5.41 Å². The first-order valence-corrected chi connectivity index (χ1v) is 17.9. The van der Waals surface area contributed by atoms with Crippen molar-refractivity contribution < 1.29 is 68.8 Å². The van der Waals surface area contributed by atoms with Crippen LogP contribution < -0.4 is 16.0 Å². The third kappa shape index (κ3) is 12.8. The Labute approximate surface area is 298 Å². The quantitative estimate of drug-likeness (QED) is 0.0636. The molecule has 0 aromatic rings. The zero-order valence-corrected chi connectivity index (χ0v) is 29.8. The number of hydrogen-bond donors (Lipinski definition) is 9. The molecule has 9 N–H and O–H groups in total. The highest BCUT2D eigenvalue weighted by Gasteiger charge is 2.44. The predicted octanol–water partition coefficient (Wildman–Crippen LogP) is -3.01. The summed E-state index contributed by atoms with van der Waals surface area (Å²) in [5, 5.41) is 68.2. The molecule has 0 aromatic carbocycles. The molecule has 3 aliphatic rings. The van der Waals surface area contributed by atoms with E-state index >= 15 is 0 Å². The van der Waals surface area contributed by atoms with Crippen molar-refractivity contribution in [2.24, 2.45) is 5.41 Å². The molecule has 0 unspecified atom stereocenters. The number of carbonyl (C=O) groups excluding carboxylic acids is 4. The molecule has 3 rings (SSSR count). The number of piperidine rings is 1. The molecule has 294 valence electrons. The number of hydrogen-bond acceptors (Lipinski definition) is 14. The number of nitrogens with zero attached hydrogens (tertiary/aromatic N) is 1. The molecular weight excluding hydrogens is 676 g/mol. The van der Waals surface area contributed by atoms with E-state index in [4.69, 9.17) is 18.9 Å². The average molecular weight is 735 g/mol. The Morgan fingerprint density at radius 3 is 1.57 bits per heavy atom. The van der Waals surface area contributed by atoms with E-state index in [0.717, 1.165) is 0 Å². The van der Waals surface area contributed by atoms with Crippen molar-refractivity contribution in [3.8, 4) is 0 Å². The summed E-state index contributed by atoms with van der Waals surface area (Å²) in [4.78, 5) is 52.6. The average Bonchev–Trinajstić information content (AvgIpc) is 3.09. The fraction of sp³-hybridized carbons (Fsp3) is 0.879. The predicted molar refractivity (Wildman–Crippen MR) is 177 cm³/mol. The summed E-state index contributed by atoms with van der Waals surface area (Å²) in [5.41, 5.74) is -0.776. The molecule has 3 aliphatic heterocycles. The molecule has 0 radical (unpaired) electrons. The summed E-state index contributed by atoms with van der Waals surface area (Å²) >= 11 is 0. The minimum absolute atomic E-state index is 0.0177. The number of ether oxygens (including phenoxy) is 4. The van der Waals surface area contributed by atoms with E-state index in [1.165, 1.54) is 13.8 Å². The van der Waals surface area contributed by atoms with E-state index in [9.17, 15) is 49.8 Å². The van der Waals surface area contributed by atoms with Crippen molar-refractivity contribution in [2.45, 2.75) is 134 Å². The van der Waals surface area contributed by atoms with Crippen molar-refractivity contribution in [1.29, 1.82) is 0 Å². The van der Waals surface area contributed by atoms with E-state index in [1.54, 1.807) is 4.90 Å². The molecule has 18 heteroatoms. The van der Waals surface area contributed by atoms with Gasteiger partial charge in [0.2, 0.25) is 23.6 Å². The Hall–Kier alpha value is -2.52. The first kappa shape index (κ1) is 42.9. The van der Waals surface area contributed by atoms with Gasteiger partial charge in [0.15, 0.2) is 12.6 Å². The summed E-state index contributed by atoms with van der Waals surface area (Å²) in [7, 11) is 0. The van der Waals surface area contributed by atoms with E-state index in [1.807, 2.05) is 6.92 Å². The summed E-state index contributed by atoms with van der Waals surface area (Å²) in [6.45, 7) is 6.09. The second kappa shape index (κ2) is 20.6. The number of nitrogens with one attached hydrogen (secondary N) is 3. The maximum absolute atomic E-state index is 13.1. The van der Waals surface area contributed by atoms with Crippen LogP contribution in [0.5, 0.6) is 0 Å². The van der Waals surface area contributed by atoms with Crippen LogP contribution in [0.3, 0.4) is 0 Å². The van der Waals surface area contributed by atoms with Gasteiger partial charge >= 0.3 is 0 Å². The number of carbonyl (C=O) groups is 4. The van der Waals surface area contributed by atoms with Crippen LogP contribution in [-0.2, 0) is 38.1 Å². The molecular formula is C33H58N4O14. The fourth-order valence-corrected chi connectivity index (χ4v) is 6.49. The largest absolute Gasteiger partial charge is 0.388 e.